The first-order valence-electron chi connectivity index (χ1n) is 5.43. The second kappa shape index (κ2) is 4.13. The van der Waals surface area contributed by atoms with E-state index in [1.165, 1.54) is 0 Å². The molecule has 0 spiro atoms. The second-order valence-electron chi connectivity index (χ2n) is 4.64. The fourth-order valence-corrected chi connectivity index (χ4v) is 2.07. The Morgan fingerprint density at radius 3 is 2.12 bits per heavy atom. The summed E-state index contributed by atoms with van der Waals surface area (Å²) in [5, 5.41) is 0. The SMILES string of the molecule is CCCCC[N+]1(C)CC(F)C(F)(F)C1(F)F. The number of rotatable bonds is 4. The van der Waals surface area contributed by atoms with E-state index in [0.29, 0.717) is 12.8 Å². The predicted molar refractivity (Wildman–Crippen MR) is 50.2 cm³/mol. The Kier molecular flexibility index (Phi) is 3.53. The Morgan fingerprint density at radius 2 is 1.75 bits per heavy atom. The van der Waals surface area contributed by atoms with E-state index in [-0.39, 0.29) is 6.54 Å². The fraction of sp³-hybridized carbons (Fsp3) is 1.00. The zero-order valence-electron chi connectivity index (χ0n) is 9.45. The van der Waals surface area contributed by atoms with Gasteiger partial charge in [-0.05, 0) is 12.8 Å². The van der Waals surface area contributed by atoms with E-state index in [1.807, 2.05) is 6.92 Å². The van der Waals surface area contributed by atoms with Crippen LogP contribution in [0.5, 0.6) is 0 Å². The van der Waals surface area contributed by atoms with Gasteiger partial charge in [0, 0.05) is 0 Å². The predicted octanol–water partition coefficient (Wildman–Crippen LogP) is 3.20. The first-order valence-corrected chi connectivity index (χ1v) is 5.43. The van der Waals surface area contributed by atoms with Crippen molar-refractivity contribution < 1.29 is 26.4 Å². The van der Waals surface area contributed by atoms with E-state index in [0.717, 1.165) is 13.5 Å². The molecule has 0 bridgehead atoms. The first-order chi connectivity index (χ1) is 7.19. The molecule has 1 fully saturated rings. The number of hydrogen-bond acceptors (Lipinski definition) is 0. The third-order valence-electron chi connectivity index (χ3n) is 3.29. The van der Waals surface area contributed by atoms with Crippen molar-refractivity contribution >= 4 is 0 Å². The van der Waals surface area contributed by atoms with Crippen molar-refractivity contribution in [2.24, 2.45) is 0 Å². The minimum atomic E-state index is -4.55. The minimum absolute atomic E-state index is 0.114. The van der Waals surface area contributed by atoms with Gasteiger partial charge in [0.05, 0.1) is 13.6 Å². The molecular weight excluding hydrogens is 229 g/mol. The van der Waals surface area contributed by atoms with Crippen LogP contribution in [0, 0.1) is 0 Å². The maximum Gasteiger partial charge on any atom is 0.458 e. The van der Waals surface area contributed by atoms with E-state index in [4.69, 9.17) is 0 Å². The summed E-state index contributed by atoms with van der Waals surface area (Å²) in [4.78, 5) is 0. The average molecular weight is 246 g/mol. The lowest BCUT2D eigenvalue weighted by Gasteiger charge is -2.35. The van der Waals surface area contributed by atoms with Gasteiger partial charge in [-0.1, -0.05) is 13.3 Å². The van der Waals surface area contributed by atoms with Gasteiger partial charge in [0.25, 0.3) is 0 Å². The maximum atomic E-state index is 13.4. The van der Waals surface area contributed by atoms with E-state index >= 15 is 0 Å². The fourth-order valence-electron chi connectivity index (χ4n) is 2.07. The van der Waals surface area contributed by atoms with Crippen molar-refractivity contribution in [3.8, 4) is 0 Å². The largest absolute Gasteiger partial charge is 0.458 e. The molecule has 0 aromatic rings. The van der Waals surface area contributed by atoms with Crippen LogP contribution in [-0.4, -0.2) is 42.8 Å². The van der Waals surface area contributed by atoms with Crippen LogP contribution in [0.3, 0.4) is 0 Å². The zero-order chi connectivity index (χ0) is 12.6. The van der Waals surface area contributed by atoms with Crippen molar-refractivity contribution in [1.82, 2.24) is 0 Å². The molecule has 1 heterocycles. The van der Waals surface area contributed by atoms with Crippen LogP contribution in [0.4, 0.5) is 22.0 Å². The number of nitrogens with zero attached hydrogens (tertiary/aromatic N) is 1. The third kappa shape index (κ3) is 1.81. The zero-order valence-corrected chi connectivity index (χ0v) is 9.45. The number of unbranched alkanes of at least 4 members (excludes halogenated alkanes) is 2. The Labute approximate surface area is 91.8 Å². The van der Waals surface area contributed by atoms with E-state index in [9.17, 15) is 22.0 Å². The molecule has 0 radical (unpaired) electrons. The van der Waals surface area contributed by atoms with E-state index in [1.54, 1.807) is 0 Å². The van der Waals surface area contributed by atoms with Crippen LogP contribution < -0.4 is 0 Å². The average Bonchev–Trinajstić information content (AvgIpc) is 2.27. The quantitative estimate of drug-likeness (QED) is 0.309. The summed E-state index contributed by atoms with van der Waals surface area (Å²) in [5.74, 6) is -4.55. The van der Waals surface area contributed by atoms with Gasteiger partial charge in [0.15, 0.2) is 0 Å². The molecular formula is C10H17F5N+. The van der Waals surface area contributed by atoms with Crippen LogP contribution in [0.25, 0.3) is 0 Å². The molecule has 16 heavy (non-hydrogen) atoms. The van der Waals surface area contributed by atoms with Gasteiger partial charge >= 0.3 is 12.0 Å². The van der Waals surface area contributed by atoms with Crippen LogP contribution in [0.2, 0.25) is 0 Å². The minimum Gasteiger partial charge on any atom is -0.257 e. The van der Waals surface area contributed by atoms with Gasteiger partial charge in [-0.2, -0.15) is 8.78 Å². The maximum absolute atomic E-state index is 13.4. The van der Waals surface area contributed by atoms with Crippen molar-refractivity contribution in [2.45, 2.75) is 44.3 Å². The monoisotopic (exact) mass is 246 g/mol. The molecule has 2 unspecified atom stereocenters. The Morgan fingerprint density at radius 1 is 1.19 bits per heavy atom. The molecule has 0 aromatic heterocycles. The van der Waals surface area contributed by atoms with Crippen LogP contribution >= 0.6 is 0 Å². The Bertz CT molecular complexity index is 256. The normalized spacial score (nSPS) is 36.6. The molecule has 0 amide bonds. The van der Waals surface area contributed by atoms with Crippen molar-refractivity contribution in [2.75, 3.05) is 20.1 Å². The number of hydrogen-bond donors (Lipinski definition) is 0. The molecule has 1 rings (SSSR count). The topological polar surface area (TPSA) is 0 Å². The smallest absolute Gasteiger partial charge is 0.257 e. The Hall–Kier alpha value is -0.390. The number of alkyl halides is 5. The summed E-state index contributed by atoms with van der Waals surface area (Å²) in [6.45, 7) is 0.954. The lowest BCUT2D eigenvalue weighted by molar-refractivity contribution is -0.987. The highest BCUT2D eigenvalue weighted by molar-refractivity contribution is 4.92. The van der Waals surface area contributed by atoms with Crippen molar-refractivity contribution in [1.29, 1.82) is 0 Å². The summed E-state index contributed by atoms with van der Waals surface area (Å²) in [6.07, 6.45) is -0.854. The molecule has 1 aliphatic heterocycles. The lowest BCUT2D eigenvalue weighted by Crippen LogP contribution is -2.59. The number of likely N-dealkylation sites (tertiary alicyclic amines) is 1. The molecule has 0 aliphatic carbocycles. The van der Waals surface area contributed by atoms with Gasteiger partial charge in [0.1, 0.15) is 6.54 Å². The van der Waals surface area contributed by atoms with Crippen molar-refractivity contribution in [3.05, 3.63) is 0 Å². The molecule has 0 aromatic carbocycles. The molecule has 96 valence electrons. The lowest BCUT2D eigenvalue weighted by atomic mass is 10.2. The highest BCUT2D eigenvalue weighted by atomic mass is 19.3. The summed E-state index contributed by atoms with van der Waals surface area (Å²) >= 11 is 0. The summed E-state index contributed by atoms with van der Waals surface area (Å²) in [6, 6.07) is -4.31. The third-order valence-corrected chi connectivity index (χ3v) is 3.29. The van der Waals surface area contributed by atoms with Gasteiger partial charge in [-0.15, -0.1) is 8.78 Å². The summed E-state index contributed by atoms with van der Waals surface area (Å²) < 4.78 is 64.6. The molecule has 2 atom stereocenters. The van der Waals surface area contributed by atoms with Gasteiger partial charge in [0.2, 0.25) is 6.17 Å². The van der Waals surface area contributed by atoms with E-state index < -0.39 is 29.2 Å². The second-order valence-corrected chi connectivity index (χ2v) is 4.64. The summed E-state index contributed by atoms with van der Waals surface area (Å²) in [5.41, 5.74) is 0. The molecule has 1 aliphatic rings. The molecule has 1 nitrogen and oxygen atoms in total. The van der Waals surface area contributed by atoms with E-state index in [2.05, 4.69) is 0 Å². The molecule has 0 saturated carbocycles. The van der Waals surface area contributed by atoms with Gasteiger partial charge < -0.3 is 0 Å². The molecule has 6 heteroatoms. The van der Waals surface area contributed by atoms with Crippen molar-refractivity contribution in [3.63, 3.8) is 0 Å². The van der Waals surface area contributed by atoms with Crippen LogP contribution in [0.1, 0.15) is 26.2 Å². The number of quaternary nitrogens is 1. The van der Waals surface area contributed by atoms with Gasteiger partial charge in [-0.25, -0.2) is 4.39 Å². The highest BCUT2D eigenvalue weighted by Gasteiger charge is 2.79. The summed E-state index contributed by atoms with van der Waals surface area (Å²) in [7, 11) is 1.00. The number of halogens is 5. The van der Waals surface area contributed by atoms with Gasteiger partial charge in [-0.3, -0.25) is 4.48 Å². The Balaban J connectivity index is 2.81. The standard InChI is InChI=1S/C10H17F5N/c1-3-4-5-6-16(2)7-8(11)9(12,13)10(16,14)15/h8H,3-7H2,1-2H3/q+1. The van der Waals surface area contributed by atoms with Crippen LogP contribution in [0.15, 0.2) is 0 Å². The molecule has 0 N–H and O–H groups in total. The molecule has 1 saturated heterocycles. The first kappa shape index (κ1) is 13.7. The highest BCUT2D eigenvalue weighted by Crippen LogP contribution is 2.50. The van der Waals surface area contributed by atoms with Crippen LogP contribution in [-0.2, 0) is 0 Å².